The van der Waals surface area contributed by atoms with Crippen molar-refractivity contribution in [3.8, 4) is 0 Å². The molecule has 4 nitrogen and oxygen atoms in total. The quantitative estimate of drug-likeness (QED) is 0.666. The summed E-state index contributed by atoms with van der Waals surface area (Å²) in [6.45, 7) is 4.64. The van der Waals surface area contributed by atoms with Gasteiger partial charge in [0.05, 0.1) is 12.2 Å². The molecule has 0 fully saturated rings. The Kier molecular flexibility index (Phi) is 2.00. The van der Waals surface area contributed by atoms with E-state index in [-0.39, 0.29) is 0 Å². The van der Waals surface area contributed by atoms with Crippen LogP contribution in [0.3, 0.4) is 0 Å². The zero-order chi connectivity index (χ0) is 8.55. The number of aromatic nitrogens is 1. The molecule has 0 unspecified atom stereocenters. The van der Waals surface area contributed by atoms with E-state index in [1.165, 1.54) is 4.88 Å². The maximum atomic E-state index is 5.63. The summed E-state index contributed by atoms with van der Waals surface area (Å²) in [5.41, 5.74) is 1.14. The van der Waals surface area contributed by atoms with E-state index < -0.39 is 0 Å². The van der Waals surface area contributed by atoms with Crippen LogP contribution in [0.25, 0.3) is 0 Å². The molecular weight excluding hydrogens is 172 g/mol. The van der Waals surface area contributed by atoms with Crippen LogP contribution in [0, 0.1) is 0 Å². The Balaban J connectivity index is 2.17. The van der Waals surface area contributed by atoms with E-state index in [4.69, 9.17) is 5.84 Å². The van der Waals surface area contributed by atoms with Crippen LogP contribution >= 0.6 is 11.3 Å². The summed E-state index contributed by atoms with van der Waals surface area (Å²) in [5, 5.41) is 6.01. The molecular formula is C7H12N4S. The molecule has 5 heteroatoms. The fourth-order valence-electron chi connectivity index (χ4n) is 1.29. The number of hydrogen-bond donors (Lipinski definition) is 2. The van der Waals surface area contributed by atoms with Gasteiger partial charge in [0.15, 0.2) is 5.13 Å². The van der Waals surface area contributed by atoms with Crippen molar-refractivity contribution in [2.24, 2.45) is 5.84 Å². The number of hydrogen-bond acceptors (Lipinski definition) is 5. The zero-order valence-electron chi connectivity index (χ0n) is 7.00. The van der Waals surface area contributed by atoms with Gasteiger partial charge >= 0.3 is 0 Å². The molecule has 1 aromatic heterocycles. The van der Waals surface area contributed by atoms with Crippen molar-refractivity contribution in [1.29, 1.82) is 0 Å². The Hall–Kier alpha value is -0.650. The van der Waals surface area contributed by atoms with Crippen LogP contribution in [0.4, 0.5) is 5.13 Å². The van der Waals surface area contributed by atoms with Gasteiger partial charge in [0.2, 0.25) is 0 Å². The summed E-state index contributed by atoms with van der Waals surface area (Å²) in [4.78, 5) is 5.72. The van der Waals surface area contributed by atoms with Crippen LogP contribution in [-0.4, -0.2) is 16.5 Å². The van der Waals surface area contributed by atoms with E-state index in [0.29, 0.717) is 0 Å². The molecule has 0 aliphatic carbocycles. The summed E-state index contributed by atoms with van der Waals surface area (Å²) in [5.74, 6) is 5.63. The minimum atomic E-state index is 0.789. The van der Waals surface area contributed by atoms with Crippen molar-refractivity contribution in [2.45, 2.75) is 20.0 Å². The van der Waals surface area contributed by atoms with E-state index in [1.807, 2.05) is 0 Å². The van der Waals surface area contributed by atoms with E-state index in [9.17, 15) is 0 Å². The van der Waals surface area contributed by atoms with Crippen molar-refractivity contribution in [3.05, 3.63) is 10.6 Å². The van der Waals surface area contributed by atoms with E-state index in [2.05, 4.69) is 17.2 Å². The topological polar surface area (TPSA) is 54.2 Å². The lowest BCUT2D eigenvalue weighted by molar-refractivity contribution is 0.295. The minimum absolute atomic E-state index is 0.789. The molecule has 0 atom stereocenters. The first-order chi connectivity index (χ1) is 5.79. The van der Waals surface area contributed by atoms with E-state index in [0.717, 1.165) is 30.5 Å². The highest BCUT2D eigenvalue weighted by atomic mass is 32.1. The Bertz CT molecular complexity index is 259. The molecule has 66 valence electrons. The standard InChI is InChI=1S/C7H12N4S/c1-2-9-7-10-5-3-11(8)4-6(5)12-7/h2-4,8H2,1H3,(H,9,10). The third-order valence-electron chi connectivity index (χ3n) is 1.81. The van der Waals surface area contributed by atoms with Gasteiger partial charge in [-0.1, -0.05) is 0 Å². The number of fused-ring (bicyclic) bond motifs is 1. The number of nitrogens with one attached hydrogen (secondary N) is 1. The normalized spacial score (nSPS) is 16.5. The smallest absolute Gasteiger partial charge is 0.183 e. The number of anilines is 1. The lowest BCUT2D eigenvalue weighted by Gasteiger charge is -2.04. The fraction of sp³-hybridized carbons (Fsp3) is 0.571. The average Bonchev–Trinajstić information content (AvgIpc) is 2.44. The van der Waals surface area contributed by atoms with Gasteiger partial charge in [-0.3, -0.25) is 5.84 Å². The molecule has 1 aliphatic rings. The molecule has 0 saturated heterocycles. The molecule has 0 amide bonds. The fourth-order valence-corrected chi connectivity index (χ4v) is 2.35. The van der Waals surface area contributed by atoms with Gasteiger partial charge in [0.25, 0.3) is 0 Å². The van der Waals surface area contributed by atoms with Crippen molar-refractivity contribution >= 4 is 16.5 Å². The average molecular weight is 184 g/mol. The number of thiazole rings is 1. The Labute approximate surface area is 75.4 Å². The summed E-state index contributed by atoms with van der Waals surface area (Å²) in [7, 11) is 0. The first-order valence-electron chi connectivity index (χ1n) is 4.01. The van der Waals surface area contributed by atoms with Gasteiger partial charge in [0.1, 0.15) is 0 Å². The van der Waals surface area contributed by atoms with Crippen molar-refractivity contribution < 1.29 is 0 Å². The van der Waals surface area contributed by atoms with E-state index in [1.54, 1.807) is 16.3 Å². The zero-order valence-corrected chi connectivity index (χ0v) is 7.82. The van der Waals surface area contributed by atoms with Crippen LogP contribution in [-0.2, 0) is 13.1 Å². The monoisotopic (exact) mass is 184 g/mol. The van der Waals surface area contributed by atoms with Crippen LogP contribution in [0.5, 0.6) is 0 Å². The molecule has 2 heterocycles. The maximum Gasteiger partial charge on any atom is 0.183 e. The first-order valence-corrected chi connectivity index (χ1v) is 4.83. The van der Waals surface area contributed by atoms with Crippen molar-refractivity contribution in [1.82, 2.24) is 9.99 Å². The molecule has 2 rings (SSSR count). The molecule has 0 spiro atoms. The molecule has 0 saturated carbocycles. The molecule has 1 aliphatic heterocycles. The van der Waals surface area contributed by atoms with Crippen LogP contribution in [0.1, 0.15) is 17.5 Å². The maximum absolute atomic E-state index is 5.63. The lowest BCUT2D eigenvalue weighted by atomic mass is 10.4. The van der Waals surface area contributed by atoms with Crippen molar-refractivity contribution in [2.75, 3.05) is 11.9 Å². The van der Waals surface area contributed by atoms with Gasteiger partial charge in [-0.25, -0.2) is 9.99 Å². The van der Waals surface area contributed by atoms with Crippen LogP contribution < -0.4 is 11.2 Å². The number of rotatable bonds is 2. The predicted octanol–water partition coefficient (Wildman–Crippen LogP) is 0.764. The molecule has 0 aromatic carbocycles. The van der Waals surface area contributed by atoms with Crippen LogP contribution in [0.2, 0.25) is 0 Å². The van der Waals surface area contributed by atoms with Gasteiger partial charge < -0.3 is 5.32 Å². The van der Waals surface area contributed by atoms with Gasteiger partial charge in [0, 0.05) is 18.0 Å². The number of nitrogens with zero attached hydrogens (tertiary/aromatic N) is 2. The summed E-state index contributed by atoms with van der Waals surface area (Å²) in [6, 6.07) is 0. The third-order valence-corrected chi connectivity index (χ3v) is 2.85. The minimum Gasteiger partial charge on any atom is -0.362 e. The molecule has 1 aromatic rings. The Morgan fingerprint density at radius 1 is 1.67 bits per heavy atom. The number of hydrazine groups is 1. The SMILES string of the molecule is CCNc1nc2c(s1)CN(N)C2. The van der Waals surface area contributed by atoms with E-state index >= 15 is 0 Å². The number of nitrogens with two attached hydrogens (primary N) is 1. The van der Waals surface area contributed by atoms with Gasteiger partial charge in [-0.05, 0) is 6.92 Å². The Morgan fingerprint density at radius 2 is 2.50 bits per heavy atom. The largest absolute Gasteiger partial charge is 0.362 e. The second-order valence-electron chi connectivity index (χ2n) is 2.82. The Morgan fingerprint density at radius 3 is 3.17 bits per heavy atom. The second-order valence-corrected chi connectivity index (χ2v) is 3.91. The molecule has 0 bridgehead atoms. The third kappa shape index (κ3) is 1.31. The highest BCUT2D eigenvalue weighted by molar-refractivity contribution is 7.15. The second kappa shape index (κ2) is 3.01. The van der Waals surface area contributed by atoms with Crippen LogP contribution in [0.15, 0.2) is 0 Å². The molecule has 3 N–H and O–H groups in total. The summed E-state index contributed by atoms with van der Waals surface area (Å²) >= 11 is 1.71. The summed E-state index contributed by atoms with van der Waals surface area (Å²) < 4.78 is 0. The molecule has 0 radical (unpaired) electrons. The highest BCUT2D eigenvalue weighted by Crippen LogP contribution is 2.28. The first kappa shape index (κ1) is 7.97. The van der Waals surface area contributed by atoms with Gasteiger partial charge in [-0.15, -0.1) is 11.3 Å². The lowest BCUT2D eigenvalue weighted by Crippen LogP contribution is -2.24. The molecule has 12 heavy (non-hydrogen) atoms. The highest BCUT2D eigenvalue weighted by Gasteiger charge is 2.20. The van der Waals surface area contributed by atoms with Crippen molar-refractivity contribution in [3.63, 3.8) is 0 Å². The predicted molar refractivity (Wildman–Crippen MR) is 49.7 cm³/mol. The van der Waals surface area contributed by atoms with Gasteiger partial charge in [-0.2, -0.15) is 0 Å². The summed E-state index contributed by atoms with van der Waals surface area (Å²) in [6.07, 6.45) is 0.